The number of carbonyl (C=O) groups is 1. The number of hydrogen-bond donors (Lipinski definition) is 2. The first-order chi connectivity index (χ1) is 9.61. The van der Waals surface area contributed by atoms with E-state index in [1.54, 1.807) is 24.3 Å². The molecule has 1 rings (SSSR count). The number of benzene rings is 1. The lowest BCUT2D eigenvalue weighted by atomic mass is 10.2. The van der Waals surface area contributed by atoms with Gasteiger partial charge in [-0.1, -0.05) is 6.92 Å². The molecule has 0 bridgehead atoms. The monoisotopic (exact) mass is 296 g/mol. The minimum Gasteiger partial charge on any atom is -0.493 e. The number of ether oxygens (including phenoxy) is 1. The van der Waals surface area contributed by atoms with Gasteiger partial charge in [-0.3, -0.25) is 4.79 Å². The van der Waals surface area contributed by atoms with Crippen molar-refractivity contribution in [2.45, 2.75) is 32.7 Å². The van der Waals surface area contributed by atoms with Crippen LogP contribution in [0.2, 0.25) is 0 Å². The first-order valence-electron chi connectivity index (χ1n) is 6.97. The molecule has 0 saturated heterocycles. The van der Waals surface area contributed by atoms with Gasteiger partial charge in [0.05, 0.1) is 13.0 Å². The molecule has 0 spiro atoms. The van der Waals surface area contributed by atoms with E-state index >= 15 is 0 Å². The molecule has 3 N–H and O–H groups in total. The van der Waals surface area contributed by atoms with E-state index in [2.05, 4.69) is 12.2 Å². The van der Waals surface area contributed by atoms with Gasteiger partial charge in [0.1, 0.15) is 5.75 Å². The smallest absolute Gasteiger partial charge is 0.223 e. The van der Waals surface area contributed by atoms with E-state index in [9.17, 15) is 4.79 Å². The average Bonchev–Trinajstić information content (AvgIpc) is 2.41. The molecule has 0 heterocycles. The molecular weight excluding hydrogens is 272 g/mol. The zero-order valence-electron chi connectivity index (χ0n) is 12.2. The highest BCUT2D eigenvalue weighted by Crippen LogP contribution is 2.13. The van der Waals surface area contributed by atoms with Crippen LogP contribution in [0.15, 0.2) is 24.3 Å². The molecule has 20 heavy (non-hydrogen) atoms. The molecule has 1 aromatic carbocycles. The summed E-state index contributed by atoms with van der Waals surface area (Å²) in [6.45, 7) is 4.56. The zero-order chi connectivity index (χ0) is 14.8. The van der Waals surface area contributed by atoms with E-state index in [0.717, 1.165) is 23.7 Å². The Morgan fingerprint density at radius 3 is 2.75 bits per heavy atom. The van der Waals surface area contributed by atoms with Crippen LogP contribution in [-0.4, -0.2) is 30.1 Å². The van der Waals surface area contributed by atoms with E-state index in [1.165, 1.54) is 0 Å². The first kappa shape index (κ1) is 16.7. The van der Waals surface area contributed by atoms with Crippen LogP contribution < -0.4 is 15.8 Å². The Morgan fingerprint density at radius 2 is 2.10 bits per heavy atom. The number of nitrogens with one attached hydrogen (secondary N) is 1. The number of amides is 1. The maximum Gasteiger partial charge on any atom is 0.223 e. The lowest BCUT2D eigenvalue weighted by Crippen LogP contribution is -2.33. The molecule has 5 heteroatoms. The Hall–Kier alpha value is -1.36. The van der Waals surface area contributed by atoms with E-state index < -0.39 is 0 Å². The summed E-state index contributed by atoms with van der Waals surface area (Å²) in [7, 11) is 0. The van der Waals surface area contributed by atoms with Crippen molar-refractivity contribution in [3.63, 3.8) is 0 Å². The highest BCUT2D eigenvalue weighted by Gasteiger charge is 2.07. The first-order valence-corrected chi connectivity index (χ1v) is 8.12. The fraction of sp³-hybridized carbons (Fsp3) is 0.533. The predicted molar refractivity (Wildman–Crippen MR) is 86.2 cm³/mol. The normalized spacial score (nSPS) is 11.9. The van der Waals surface area contributed by atoms with Crippen molar-refractivity contribution in [1.29, 1.82) is 0 Å². The molecule has 1 amide bonds. The molecule has 1 atom stereocenters. The number of rotatable bonds is 9. The molecule has 0 radical (unpaired) electrons. The minimum absolute atomic E-state index is 0.0365. The molecular formula is C15H24N2O2S. The Kier molecular flexibility index (Phi) is 7.95. The van der Waals surface area contributed by atoms with Gasteiger partial charge >= 0.3 is 0 Å². The quantitative estimate of drug-likeness (QED) is 0.543. The van der Waals surface area contributed by atoms with E-state index in [4.69, 9.17) is 10.5 Å². The molecule has 1 aromatic rings. The number of anilines is 1. The van der Waals surface area contributed by atoms with Crippen LogP contribution in [0, 0.1) is 0 Å². The molecule has 1 unspecified atom stereocenters. The average molecular weight is 296 g/mol. The number of nitrogen functional groups attached to an aromatic ring is 1. The fourth-order valence-corrected chi connectivity index (χ4v) is 2.46. The van der Waals surface area contributed by atoms with Crippen molar-refractivity contribution in [2.75, 3.05) is 23.8 Å². The van der Waals surface area contributed by atoms with Crippen LogP contribution in [0.1, 0.15) is 26.7 Å². The van der Waals surface area contributed by atoms with Crippen LogP contribution in [0.5, 0.6) is 5.75 Å². The van der Waals surface area contributed by atoms with Crippen molar-refractivity contribution in [1.82, 2.24) is 5.32 Å². The Labute approximate surface area is 125 Å². The minimum atomic E-state index is 0.0365. The van der Waals surface area contributed by atoms with Crippen molar-refractivity contribution in [3.8, 4) is 5.75 Å². The van der Waals surface area contributed by atoms with Gasteiger partial charge in [0.2, 0.25) is 5.91 Å². The van der Waals surface area contributed by atoms with Crippen molar-refractivity contribution in [3.05, 3.63) is 24.3 Å². The lowest BCUT2D eigenvalue weighted by molar-refractivity contribution is -0.122. The Morgan fingerprint density at radius 1 is 1.40 bits per heavy atom. The summed E-state index contributed by atoms with van der Waals surface area (Å²) in [4.78, 5) is 11.7. The SMILES string of the molecule is CCSCCC(C)NC(=O)CCOc1ccc(N)cc1. The second-order valence-corrected chi connectivity index (χ2v) is 6.02. The van der Waals surface area contributed by atoms with Gasteiger partial charge in [0.25, 0.3) is 0 Å². The van der Waals surface area contributed by atoms with Crippen molar-refractivity contribution >= 4 is 23.4 Å². The molecule has 0 aromatic heterocycles. The van der Waals surface area contributed by atoms with Gasteiger partial charge in [-0.15, -0.1) is 0 Å². The molecule has 0 aliphatic carbocycles. The summed E-state index contributed by atoms with van der Waals surface area (Å²) >= 11 is 1.89. The van der Waals surface area contributed by atoms with Gasteiger partial charge < -0.3 is 15.8 Å². The standard InChI is InChI=1S/C15H24N2O2S/c1-3-20-11-9-12(2)17-15(18)8-10-19-14-6-4-13(16)5-7-14/h4-7,12H,3,8-11,16H2,1-2H3,(H,17,18). The zero-order valence-corrected chi connectivity index (χ0v) is 13.0. The highest BCUT2D eigenvalue weighted by molar-refractivity contribution is 7.99. The van der Waals surface area contributed by atoms with E-state index in [-0.39, 0.29) is 11.9 Å². The molecule has 4 nitrogen and oxygen atoms in total. The van der Waals surface area contributed by atoms with Gasteiger partial charge in [0, 0.05) is 11.7 Å². The van der Waals surface area contributed by atoms with Crippen LogP contribution >= 0.6 is 11.8 Å². The summed E-state index contributed by atoms with van der Waals surface area (Å²) in [6, 6.07) is 7.39. The molecule has 0 fully saturated rings. The van der Waals surface area contributed by atoms with Crippen molar-refractivity contribution in [2.24, 2.45) is 0 Å². The number of hydrogen-bond acceptors (Lipinski definition) is 4. The third kappa shape index (κ3) is 7.28. The third-order valence-corrected chi connectivity index (χ3v) is 3.72. The molecule has 0 aliphatic heterocycles. The predicted octanol–water partition coefficient (Wildman–Crippen LogP) is 2.69. The Balaban J connectivity index is 2.14. The van der Waals surface area contributed by atoms with Crippen LogP contribution in [-0.2, 0) is 4.79 Å². The summed E-state index contributed by atoms with van der Waals surface area (Å²) in [5.74, 6) is 2.98. The largest absolute Gasteiger partial charge is 0.493 e. The molecule has 0 aliphatic rings. The molecule has 112 valence electrons. The summed E-state index contributed by atoms with van der Waals surface area (Å²) in [6.07, 6.45) is 1.37. The topological polar surface area (TPSA) is 64.3 Å². The lowest BCUT2D eigenvalue weighted by Gasteiger charge is -2.13. The van der Waals surface area contributed by atoms with Crippen LogP contribution in [0.25, 0.3) is 0 Å². The second-order valence-electron chi connectivity index (χ2n) is 4.62. The second kappa shape index (κ2) is 9.53. The highest BCUT2D eigenvalue weighted by atomic mass is 32.2. The van der Waals surface area contributed by atoms with Gasteiger partial charge in [-0.05, 0) is 49.1 Å². The van der Waals surface area contributed by atoms with Gasteiger partial charge in [0.15, 0.2) is 0 Å². The van der Waals surface area contributed by atoms with E-state index in [1.807, 2.05) is 18.7 Å². The number of thioether (sulfide) groups is 1. The van der Waals surface area contributed by atoms with Gasteiger partial charge in [-0.25, -0.2) is 0 Å². The summed E-state index contributed by atoms with van der Waals surface area (Å²) < 4.78 is 5.49. The van der Waals surface area contributed by atoms with E-state index in [0.29, 0.717) is 18.7 Å². The third-order valence-electron chi connectivity index (χ3n) is 2.78. The Bertz CT molecular complexity index is 395. The van der Waals surface area contributed by atoms with Gasteiger partial charge in [-0.2, -0.15) is 11.8 Å². The van der Waals surface area contributed by atoms with Crippen LogP contribution in [0.3, 0.4) is 0 Å². The summed E-state index contributed by atoms with van der Waals surface area (Å²) in [5, 5.41) is 2.98. The maximum absolute atomic E-state index is 11.7. The number of carbonyl (C=O) groups excluding carboxylic acids is 1. The maximum atomic E-state index is 11.7. The summed E-state index contributed by atoms with van der Waals surface area (Å²) in [5.41, 5.74) is 6.29. The van der Waals surface area contributed by atoms with Crippen LogP contribution in [0.4, 0.5) is 5.69 Å². The van der Waals surface area contributed by atoms with Crippen molar-refractivity contribution < 1.29 is 9.53 Å². The molecule has 0 saturated carbocycles. The number of nitrogens with two attached hydrogens (primary N) is 1. The fourth-order valence-electron chi connectivity index (χ4n) is 1.65.